The fraction of sp³-hybridized carbons (Fsp3) is 0.217. The Morgan fingerprint density at radius 1 is 1.17 bits per heavy atom. The van der Waals surface area contributed by atoms with Crippen LogP contribution in [0.5, 0.6) is 11.5 Å². The molecule has 1 aliphatic heterocycles. The molecule has 154 valence electrons. The molecule has 3 aromatic rings. The number of ether oxygens (including phenoxy) is 2. The van der Waals surface area contributed by atoms with E-state index in [0.29, 0.717) is 23.1 Å². The Kier molecular flexibility index (Phi) is 5.50. The standard InChI is InChI=1S/C23H21ClN2O4/c1-2-29-19-9-15(17(24)11-20(19)30-12-21(25)27)16-10-22(28)26-18-8-7-13-5-3-4-6-14(13)23(16)18/h3-9,11,16H,2,10,12H2,1H3,(H2,25,27)(H,26,28). The molecule has 1 aliphatic rings. The molecule has 1 unspecified atom stereocenters. The van der Waals surface area contributed by atoms with Gasteiger partial charge in [0.2, 0.25) is 5.91 Å². The van der Waals surface area contributed by atoms with E-state index in [-0.39, 0.29) is 24.9 Å². The third-order valence-electron chi connectivity index (χ3n) is 5.09. The number of carbonyl (C=O) groups is 2. The van der Waals surface area contributed by atoms with E-state index in [2.05, 4.69) is 5.32 Å². The van der Waals surface area contributed by atoms with Crippen LogP contribution < -0.4 is 20.5 Å². The highest BCUT2D eigenvalue weighted by atomic mass is 35.5. The van der Waals surface area contributed by atoms with Gasteiger partial charge in [-0.3, -0.25) is 9.59 Å². The largest absolute Gasteiger partial charge is 0.490 e. The minimum Gasteiger partial charge on any atom is -0.490 e. The van der Waals surface area contributed by atoms with E-state index in [1.54, 1.807) is 12.1 Å². The molecule has 0 radical (unpaired) electrons. The van der Waals surface area contributed by atoms with Gasteiger partial charge in [-0.1, -0.05) is 41.9 Å². The Labute approximate surface area is 178 Å². The Morgan fingerprint density at radius 2 is 1.93 bits per heavy atom. The quantitative estimate of drug-likeness (QED) is 0.619. The molecule has 0 bridgehead atoms. The van der Waals surface area contributed by atoms with Gasteiger partial charge in [-0.25, -0.2) is 0 Å². The summed E-state index contributed by atoms with van der Waals surface area (Å²) < 4.78 is 11.2. The van der Waals surface area contributed by atoms with E-state index < -0.39 is 5.91 Å². The first-order valence-corrected chi connectivity index (χ1v) is 10.0. The van der Waals surface area contributed by atoms with Crippen molar-refractivity contribution in [1.29, 1.82) is 0 Å². The lowest BCUT2D eigenvalue weighted by Crippen LogP contribution is -2.24. The summed E-state index contributed by atoms with van der Waals surface area (Å²) in [6.07, 6.45) is 0.258. The Balaban J connectivity index is 1.86. The number of anilines is 1. The van der Waals surface area contributed by atoms with Crippen molar-refractivity contribution >= 4 is 39.9 Å². The van der Waals surface area contributed by atoms with Crippen LogP contribution in [-0.4, -0.2) is 25.0 Å². The molecule has 6 nitrogen and oxygen atoms in total. The van der Waals surface area contributed by atoms with Crippen molar-refractivity contribution in [2.24, 2.45) is 5.73 Å². The summed E-state index contributed by atoms with van der Waals surface area (Å²) in [7, 11) is 0. The van der Waals surface area contributed by atoms with Crippen molar-refractivity contribution in [2.45, 2.75) is 19.3 Å². The van der Waals surface area contributed by atoms with Gasteiger partial charge in [-0.05, 0) is 41.0 Å². The zero-order valence-electron chi connectivity index (χ0n) is 16.4. The maximum atomic E-state index is 12.5. The third-order valence-corrected chi connectivity index (χ3v) is 5.42. The zero-order valence-corrected chi connectivity index (χ0v) is 17.2. The maximum Gasteiger partial charge on any atom is 0.255 e. The fourth-order valence-corrected chi connectivity index (χ4v) is 4.17. The average molecular weight is 425 g/mol. The van der Waals surface area contributed by atoms with Gasteiger partial charge in [0.15, 0.2) is 18.1 Å². The van der Waals surface area contributed by atoms with Crippen molar-refractivity contribution in [2.75, 3.05) is 18.5 Å². The van der Waals surface area contributed by atoms with Gasteiger partial charge < -0.3 is 20.5 Å². The van der Waals surface area contributed by atoms with E-state index in [4.69, 9.17) is 26.8 Å². The van der Waals surface area contributed by atoms with E-state index >= 15 is 0 Å². The van der Waals surface area contributed by atoms with Crippen LogP contribution in [0, 0.1) is 0 Å². The molecule has 0 fully saturated rings. The van der Waals surface area contributed by atoms with Crippen molar-refractivity contribution in [3.8, 4) is 11.5 Å². The van der Waals surface area contributed by atoms with Gasteiger partial charge in [-0.15, -0.1) is 0 Å². The summed E-state index contributed by atoms with van der Waals surface area (Å²) in [4.78, 5) is 23.6. The molecule has 3 N–H and O–H groups in total. The number of hydrogen-bond donors (Lipinski definition) is 2. The highest BCUT2D eigenvalue weighted by Crippen LogP contribution is 2.46. The summed E-state index contributed by atoms with van der Waals surface area (Å²) in [5.41, 5.74) is 7.74. The minimum absolute atomic E-state index is 0.0779. The second-order valence-electron chi connectivity index (χ2n) is 7.06. The summed E-state index contributed by atoms with van der Waals surface area (Å²) in [5.74, 6) is -0.140. The van der Waals surface area contributed by atoms with Crippen molar-refractivity contribution < 1.29 is 19.1 Å². The van der Waals surface area contributed by atoms with Crippen LogP contribution >= 0.6 is 11.6 Å². The maximum absolute atomic E-state index is 12.5. The van der Waals surface area contributed by atoms with Crippen LogP contribution in [0.15, 0.2) is 48.5 Å². The van der Waals surface area contributed by atoms with Gasteiger partial charge >= 0.3 is 0 Å². The highest BCUT2D eigenvalue weighted by Gasteiger charge is 2.30. The molecule has 30 heavy (non-hydrogen) atoms. The van der Waals surface area contributed by atoms with Gasteiger partial charge in [-0.2, -0.15) is 0 Å². The topological polar surface area (TPSA) is 90.7 Å². The molecule has 1 atom stereocenters. The molecular weight excluding hydrogens is 404 g/mol. The van der Waals surface area contributed by atoms with Crippen LogP contribution in [0.2, 0.25) is 5.02 Å². The van der Waals surface area contributed by atoms with Gasteiger partial charge in [0.05, 0.1) is 6.61 Å². The molecule has 0 saturated heterocycles. The van der Waals surface area contributed by atoms with Gasteiger partial charge in [0, 0.05) is 29.1 Å². The summed E-state index contributed by atoms with van der Waals surface area (Å²) >= 11 is 6.63. The van der Waals surface area contributed by atoms with Crippen molar-refractivity contribution in [3.05, 3.63) is 64.7 Å². The minimum atomic E-state index is -0.595. The number of hydrogen-bond acceptors (Lipinski definition) is 4. The molecule has 0 aromatic heterocycles. The number of rotatable bonds is 6. The SMILES string of the molecule is CCOc1cc(C2CC(=O)Nc3ccc4ccccc4c32)c(Cl)cc1OCC(N)=O. The van der Waals surface area contributed by atoms with Crippen LogP contribution in [0.1, 0.15) is 30.4 Å². The first-order chi connectivity index (χ1) is 14.5. The molecule has 0 saturated carbocycles. The lowest BCUT2D eigenvalue weighted by molar-refractivity contribution is -0.120. The Bertz CT molecular complexity index is 1150. The van der Waals surface area contributed by atoms with Gasteiger partial charge in [0.1, 0.15) is 0 Å². The first-order valence-electron chi connectivity index (χ1n) is 9.66. The second-order valence-corrected chi connectivity index (χ2v) is 7.47. The normalized spacial score (nSPS) is 15.4. The predicted octanol–water partition coefficient (Wildman–Crippen LogP) is 4.23. The van der Waals surface area contributed by atoms with Gasteiger partial charge in [0.25, 0.3) is 5.91 Å². The number of nitrogens with two attached hydrogens (primary N) is 1. The number of carbonyl (C=O) groups excluding carboxylic acids is 2. The van der Waals surface area contributed by atoms with Crippen LogP contribution in [0.4, 0.5) is 5.69 Å². The number of benzene rings is 3. The second kappa shape index (κ2) is 8.24. The van der Waals surface area contributed by atoms with E-state index in [1.165, 1.54) is 0 Å². The predicted molar refractivity (Wildman–Crippen MR) is 116 cm³/mol. The molecular formula is C23H21ClN2O4. The molecule has 3 aromatic carbocycles. The molecule has 2 amide bonds. The highest BCUT2D eigenvalue weighted by molar-refractivity contribution is 6.31. The Hall–Kier alpha value is -3.25. The zero-order chi connectivity index (χ0) is 21.3. The Morgan fingerprint density at radius 3 is 2.70 bits per heavy atom. The number of fused-ring (bicyclic) bond motifs is 3. The van der Waals surface area contributed by atoms with Crippen molar-refractivity contribution in [3.63, 3.8) is 0 Å². The van der Waals surface area contributed by atoms with E-state index in [0.717, 1.165) is 27.6 Å². The molecule has 0 spiro atoms. The molecule has 4 rings (SSSR count). The lowest BCUT2D eigenvalue weighted by atomic mass is 9.82. The average Bonchev–Trinajstić information content (AvgIpc) is 2.72. The number of nitrogens with one attached hydrogen (secondary N) is 1. The number of primary amides is 1. The molecule has 0 aliphatic carbocycles. The first kappa shape index (κ1) is 20.0. The van der Waals surface area contributed by atoms with Crippen LogP contribution in [0.25, 0.3) is 10.8 Å². The van der Waals surface area contributed by atoms with Crippen LogP contribution in [-0.2, 0) is 9.59 Å². The van der Waals surface area contributed by atoms with E-state index in [9.17, 15) is 9.59 Å². The smallest absolute Gasteiger partial charge is 0.255 e. The summed E-state index contributed by atoms with van der Waals surface area (Å²) in [5, 5.41) is 5.53. The number of halogens is 1. The third kappa shape index (κ3) is 3.78. The number of amides is 2. The molecule has 1 heterocycles. The monoisotopic (exact) mass is 424 g/mol. The summed E-state index contributed by atoms with van der Waals surface area (Å²) in [6.45, 7) is 1.97. The fourth-order valence-electron chi connectivity index (χ4n) is 3.88. The van der Waals surface area contributed by atoms with Crippen molar-refractivity contribution in [1.82, 2.24) is 0 Å². The summed E-state index contributed by atoms with van der Waals surface area (Å²) in [6, 6.07) is 15.4. The van der Waals surface area contributed by atoms with Crippen LogP contribution in [0.3, 0.4) is 0 Å². The lowest BCUT2D eigenvalue weighted by Gasteiger charge is -2.29. The van der Waals surface area contributed by atoms with E-state index in [1.807, 2.05) is 43.3 Å². The molecule has 7 heteroatoms.